The molecular weight excluding hydrogens is 444 g/mol. The van der Waals surface area contributed by atoms with E-state index in [-0.39, 0.29) is 19.2 Å². The van der Waals surface area contributed by atoms with E-state index >= 15 is 0 Å². The molecule has 198 valence electrons. The number of esters is 1. The summed E-state index contributed by atoms with van der Waals surface area (Å²) in [4.78, 5) is 11.7. The summed E-state index contributed by atoms with van der Waals surface area (Å²) in [5.74, 6) is -0.320. The maximum absolute atomic E-state index is 11.7. The quantitative estimate of drug-likeness (QED) is 0.190. The van der Waals surface area contributed by atoms with Crippen LogP contribution in [0.1, 0.15) is 88.0 Å². The molecule has 0 amide bonds. The van der Waals surface area contributed by atoms with Crippen molar-refractivity contribution >= 4 is 14.8 Å². The summed E-state index contributed by atoms with van der Waals surface area (Å²) < 4.78 is 35.0. The number of methoxy groups -OCH3 is 1. The second kappa shape index (κ2) is 14.8. The number of aliphatic hydroxyl groups is 1. The average Bonchev–Trinajstić information content (AvgIpc) is 2.58. The van der Waals surface area contributed by atoms with Gasteiger partial charge >= 0.3 is 14.8 Å². The first kappa shape index (κ1) is 32.4. The Morgan fingerprint density at radius 2 is 1.30 bits per heavy atom. The van der Waals surface area contributed by atoms with Crippen molar-refractivity contribution in [3.8, 4) is 0 Å². The van der Waals surface area contributed by atoms with Crippen LogP contribution < -0.4 is 0 Å². The molecule has 0 spiro atoms. The van der Waals surface area contributed by atoms with Gasteiger partial charge in [0.2, 0.25) is 0 Å². The molecule has 0 aliphatic rings. The molecule has 0 saturated heterocycles. The van der Waals surface area contributed by atoms with Gasteiger partial charge in [0.1, 0.15) is 12.7 Å². The molecule has 0 heterocycles. The van der Waals surface area contributed by atoms with Gasteiger partial charge in [0.15, 0.2) is 0 Å². The van der Waals surface area contributed by atoms with Crippen LogP contribution in [0.3, 0.4) is 0 Å². The highest BCUT2D eigenvalue weighted by Gasteiger charge is 2.49. The maximum atomic E-state index is 11.7. The van der Waals surface area contributed by atoms with Crippen molar-refractivity contribution in [1.29, 1.82) is 0 Å². The molecule has 0 bridgehead atoms. The zero-order valence-electron chi connectivity index (χ0n) is 22.7. The third-order valence-electron chi connectivity index (χ3n) is 3.88. The average molecular weight is 495 g/mol. The van der Waals surface area contributed by atoms with Crippen LogP contribution in [0.15, 0.2) is 0 Å². The zero-order chi connectivity index (χ0) is 25.8. The van der Waals surface area contributed by atoms with Crippen LogP contribution >= 0.6 is 0 Å². The SMILES string of the molecule is COCCCCC(=O)OCC(O)COCCC[Si](OC(C)(C)C)(OC(C)(C)C)OC(C)(C)C. The lowest BCUT2D eigenvalue weighted by Gasteiger charge is -2.43. The number of rotatable bonds is 16. The van der Waals surface area contributed by atoms with E-state index in [9.17, 15) is 9.90 Å². The van der Waals surface area contributed by atoms with Crippen molar-refractivity contribution < 1.29 is 37.4 Å². The van der Waals surface area contributed by atoms with Crippen molar-refractivity contribution in [3.63, 3.8) is 0 Å². The van der Waals surface area contributed by atoms with Gasteiger partial charge in [-0.15, -0.1) is 0 Å². The topological polar surface area (TPSA) is 92.7 Å². The van der Waals surface area contributed by atoms with Crippen molar-refractivity contribution in [2.75, 3.05) is 33.5 Å². The molecule has 0 aromatic rings. The number of ether oxygens (including phenoxy) is 3. The third kappa shape index (κ3) is 19.4. The first-order chi connectivity index (χ1) is 15.0. The molecule has 8 nitrogen and oxygen atoms in total. The van der Waals surface area contributed by atoms with E-state index in [4.69, 9.17) is 27.5 Å². The molecule has 0 aromatic carbocycles. The van der Waals surface area contributed by atoms with Crippen molar-refractivity contribution in [2.45, 2.75) is 117 Å². The van der Waals surface area contributed by atoms with E-state index in [1.54, 1.807) is 7.11 Å². The highest BCUT2D eigenvalue weighted by molar-refractivity contribution is 6.61. The van der Waals surface area contributed by atoms with Crippen LogP contribution in [0.5, 0.6) is 0 Å². The Kier molecular flexibility index (Phi) is 14.5. The van der Waals surface area contributed by atoms with E-state index in [0.717, 1.165) is 6.42 Å². The van der Waals surface area contributed by atoms with E-state index in [0.29, 0.717) is 38.5 Å². The molecule has 1 unspecified atom stereocenters. The monoisotopic (exact) mass is 494 g/mol. The van der Waals surface area contributed by atoms with Crippen LogP contribution in [0.25, 0.3) is 0 Å². The molecule has 9 heteroatoms. The molecule has 0 fully saturated rings. The number of aliphatic hydroxyl groups excluding tert-OH is 1. The van der Waals surface area contributed by atoms with Gasteiger partial charge in [0, 0.05) is 32.8 Å². The van der Waals surface area contributed by atoms with Gasteiger partial charge in [0.05, 0.1) is 23.4 Å². The fraction of sp³-hybridized carbons (Fsp3) is 0.958. The van der Waals surface area contributed by atoms with Crippen LogP contribution in [-0.2, 0) is 32.3 Å². The summed E-state index contributed by atoms with van der Waals surface area (Å²) in [5.41, 5.74) is -1.27. The summed E-state index contributed by atoms with van der Waals surface area (Å²) in [5, 5.41) is 10.0. The molecule has 1 N–H and O–H groups in total. The Morgan fingerprint density at radius 1 is 0.788 bits per heavy atom. The van der Waals surface area contributed by atoms with Crippen LogP contribution in [0, 0.1) is 0 Å². The highest BCUT2D eigenvalue weighted by Crippen LogP contribution is 2.32. The Hall–Kier alpha value is -0.553. The largest absolute Gasteiger partial charge is 0.502 e. The first-order valence-corrected chi connectivity index (χ1v) is 13.9. The van der Waals surface area contributed by atoms with E-state index in [2.05, 4.69) is 0 Å². The number of carbonyl (C=O) groups excluding carboxylic acids is 1. The maximum Gasteiger partial charge on any atom is 0.502 e. The summed E-state index contributed by atoms with van der Waals surface area (Å²) in [6, 6.07) is 0.589. The Bertz CT molecular complexity index is 493. The Labute approximate surface area is 203 Å². The lowest BCUT2D eigenvalue weighted by atomic mass is 10.2. The van der Waals surface area contributed by atoms with Gasteiger partial charge in [0.25, 0.3) is 0 Å². The van der Waals surface area contributed by atoms with E-state index in [1.807, 2.05) is 62.3 Å². The van der Waals surface area contributed by atoms with Gasteiger partial charge in [-0.2, -0.15) is 0 Å². The van der Waals surface area contributed by atoms with Crippen LogP contribution in [-0.4, -0.2) is 76.3 Å². The van der Waals surface area contributed by atoms with Crippen molar-refractivity contribution in [3.05, 3.63) is 0 Å². The second-order valence-electron chi connectivity index (χ2n) is 11.3. The standard InChI is InChI=1S/C24H50O8Si/c1-22(2,3)30-33(31-23(4,5)6,32-24(7,8)9)17-13-16-28-18-20(25)19-29-21(26)14-11-12-15-27-10/h20,25H,11-19H2,1-10H3. The highest BCUT2D eigenvalue weighted by atomic mass is 28.4. The molecule has 1 atom stereocenters. The minimum atomic E-state index is -3.05. The third-order valence-corrected chi connectivity index (χ3v) is 7.62. The summed E-state index contributed by atoms with van der Waals surface area (Å²) in [6.45, 7) is 19.0. The molecule has 33 heavy (non-hydrogen) atoms. The molecule has 0 aliphatic heterocycles. The minimum Gasteiger partial charge on any atom is -0.463 e. The molecule has 0 radical (unpaired) electrons. The second-order valence-corrected chi connectivity index (χ2v) is 13.8. The molecule has 0 aliphatic carbocycles. The number of carbonyl (C=O) groups is 1. The van der Waals surface area contributed by atoms with E-state index < -0.39 is 31.7 Å². The van der Waals surface area contributed by atoms with Crippen LogP contribution in [0.4, 0.5) is 0 Å². The summed E-state index contributed by atoms with van der Waals surface area (Å²) in [6.07, 6.45) is 1.62. The van der Waals surface area contributed by atoms with Gasteiger partial charge < -0.3 is 32.6 Å². The fourth-order valence-corrected chi connectivity index (χ4v) is 6.86. The normalized spacial score (nSPS) is 14.4. The smallest absolute Gasteiger partial charge is 0.463 e. The summed E-state index contributed by atoms with van der Waals surface area (Å²) in [7, 11) is -1.42. The van der Waals surface area contributed by atoms with Gasteiger partial charge in [-0.3, -0.25) is 4.79 Å². The van der Waals surface area contributed by atoms with Gasteiger partial charge in [-0.1, -0.05) is 0 Å². The van der Waals surface area contributed by atoms with Crippen molar-refractivity contribution in [2.24, 2.45) is 0 Å². The minimum absolute atomic E-state index is 0.0742. The molecule has 0 saturated carbocycles. The first-order valence-electron chi connectivity index (χ1n) is 12.0. The van der Waals surface area contributed by atoms with E-state index in [1.165, 1.54) is 0 Å². The Balaban J connectivity index is 4.63. The zero-order valence-corrected chi connectivity index (χ0v) is 23.7. The summed E-state index contributed by atoms with van der Waals surface area (Å²) >= 11 is 0. The molecule has 0 aromatic heterocycles. The number of hydrogen-bond acceptors (Lipinski definition) is 8. The number of hydrogen-bond donors (Lipinski definition) is 1. The fourth-order valence-electron chi connectivity index (χ4n) is 3.05. The molecular formula is C24H50O8Si. The lowest BCUT2D eigenvalue weighted by molar-refractivity contribution is -0.148. The van der Waals surface area contributed by atoms with Crippen LogP contribution in [0.2, 0.25) is 6.04 Å². The molecule has 0 rings (SSSR count). The van der Waals surface area contributed by atoms with Gasteiger partial charge in [-0.25, -0.2) is 0 Å². The predicted octanol–water partition coefficient (Wildman–Crippen LogP) is 4.50. The predicted molar refractivity (Wildman–Crippen MR) is 131 cm³/mol. The van der Waals surface area contributed by atoms with Gasteiger partial charge in [-0.05, 0) is 81.6 Å². The lowest BCUT2D eigenvalue weighted by Crippen LogP contribution is -2.57. The van der Waals surface area contributed by atoms with Crippen molar-refractivity contribution in [1.82, 2.24) is 0 Å². The number of unbranched alkanes of at least 4 members (excludes halogenated alkanes) is 1. The Morgan fingerprint density at radius 3 is 1.76 bits per heavy atom.